The SMILES string of the molecule is CC(=O)c1ccc(OCC(C)(O)C(=O)Nc2ccc([N+](=O)[O-])c(C(F)(F)F)c2)c(N)c1. The number of rotatable bonds is 7. The Kier molecular flexibility index (Phi) is 6.55. The lowest BCUT2D eigenvalue weighted by Crippen LogP contribution is -2.45. The molecule has 0 aromatic heterocycles. The standard InChI is InChI=1S/C19H18F3N3O6/c1-10(26)11-3-6-16(14(23)7-11)31-9-18(2,28)17(27)24-12-4-5-15(25(29)30)13(8-12)19(20,21)22/h3-8,28H,9,23H2,1-2H3,(H,24,27). The zero-order valence-electron chi connectivity index (χ0n) is 16.3. The van der Waals surface area contributed by atoms with Crippen LogP contribution < -0.4 is 15.8 Å². The van der Waals surface area contributed by atoms with E-state index in [0.717, 1.165) is 13.0 Å². The predicted molar refractivity (Wildman–Crippen MR) is 104 cm³/mol. The number of carbonyl (C=O) groups excluding carboxylic acids is 2. The molecule has 31 heavy (non-hydrogen) atoms. The summed E-state index contributed by atoms with van der Waals surface area (Å²) in [6.45, 7) is 1.77. The largest absolute Gasteiger partial charge is 0.488 e. The first-order chi connectivity index (χ1) is 14.2. The highest BCUT2D eigenvalue weighted by Gasteiger charge is 2.39. The van der Waals surface area contributed by atoms with Crippen LogP contribution in [-0.4, -0.2) is 33.9 Å². The van der Waals surface area contributed by atoms with Crippen LogP contribution in [0.4, 0.5) is 30.2 Å². The Labute approximate surface area is 173 Å². The van der Waals surface area contributed by atoms with Gasteiger partial charge >= 0.3 is 6.18 Å². The summed E-state index contributed by atoms with van der Waals surface area (Å²) in [5.41, 5.74) is 0.829. The van der Waals surface area contributed by atoms with E-state index in [2.05, 4.69) is 5.32 Å². The van der Waals surface area contributed by atoms with Crippen molar-refractivity contribution in [1.82, 2.24) is 0 Å². The summed E-state index contributed by atoms with van der Waals surface area (Å²) in [6, 6.07) is 6.04. The number of halogens is 3. The maximum atomic E-state index is 13.1. The molecule has 2 rings (SSSR count). The molecule has 0 saturated carbocycles. The molecule has 0 aliphatic carbocycles. The van der Waals surface area contributed by atoms with Gasteiger partial charge in [-0.15, -0.1) is 0 Å². The molecular formula is C19H18F3N3O6. The van der Waals surface area contributed by atoms with E-state index in [1.54, 1.807) is 0 Å². The first-order valence-corrected chi connectivity index (χ1v) is 8.65. The zero-order chi connectivity index (χ0) is 23.6. The van der Waals surface area contributed by atoms with Crippen molar-refractivity contribution in [3.8, 4) is 5.75 Å². The summed E-state index contributed by atoms with van der Waals surface area (Å²) in [5.74, 6) is -1.27. The van der Waals surface area contributed by atoms with Gasteiger partial charge in [0.25, 0.3) is 11.6 Å². The van der Waals surface area contributed by atoms with Crippen LogP contribution in [0.15, 0.2) is 36.4 Å². The number of nitro groups is 1. The molecule has 4 N–H and O–H groups in total. The molecule has 1 amide bonds. The highest BCUT2D eigenvalue weighted by atomic mass is 19.4. The average Bonchev–Trinajstić information content (AvgIpc) is 2.65. The number of nitrogens with two attached hydrogens (primary N) is 1. The summed E-state index contributed by atoms with van der Waals surface area (Å²) in [5, 5.41) is 23.2. The van der Waals surface area contributed by atoms with Crippen molar-refractivity contribution < 1.29 is 37.5 Å². The van der Waals surface area contributed by atoms with E-state index >= 15 is 0 Å². The number of aliphatic hydroxyl groups is 1. The Hall–Kier alpha value is -3.67. The summed E-state index contributed by atoms with van der Waals surface area (Å²) in [7, 11) is 0. The van der Waals surface area contributed by atoms with Gasteiger partial charge in [-0.1, -0.05) is 0 Å². The fourth-order valence-electron chi connectivity index (χ4n) is 2.45. The van der Waals surface area contributed by atoms with Crippen LogP contribution in [0.3, 0.4) is 0 Å². The number of Topliss-reactive ketones (excluding diaryl/α,β-unsaturated/α-hetero) is 1. The minimum absolute atomic E-state index is 0.0766. The number of ketones is 1. The van der Waals surface area contributed by atoms with Gasteiger partial charge < -0.3 is 20.9 Å². The Morgan fingerprint density at radius 2 is 1.87 bits per heavy atom. The molecule has 0 aliphatic heterocycles. The van der Waals surface area contributed by atoms with Gasteiger partial charge in [-0.2, -0.15) is 13.2 Å². The van der Waals surface area contributed by atoms with Gasteiger partial charge in [0.2, 0.25) is 0 Å². The number of ether oxygens (including phenoxy) is 1. The van der Waals surface area contributed by atoms with E-state index < -0.39 is 46.2 Å². The van der Waals surface area contributed by atoms with E-state index in [0.29, 0.717) is 17.7 Å². The number of hydrogen-bond donors (Lipinski definition) is 3. The molecule has 9 nitrogen and oxygen atoms in total. The van der Waals surface area contributed by atoms with E-state index in [1.165, 1.54) is 25.1 Å². The topological polar surface area (TPSA) is 145 Å². The first kappa shape index (κ1) is 23.6. The Morgan fingerprint density at radius 1 is 1.23 bits per heavy atom. The molecule has 0 bridgehead atoms. The lowest BCUT2D eigenvalue weighted by atomic mass is 10.1. The number of nitrogens with one attached hydrogen (secondary N) is 1. The van der Waals surface area contributed by atoms with Crippen LogP contribution in [0, 0.1) is 10.1 Å². The number of alkyl halides is 3. The normalized spacial score (nSPS) is 13.2. The van der Waals surface area contributed by atoms with Gasteiger partial charge in [0, 0.05) is 17.3 Å². The maximum absolute atomic E-state index is 13.1. The second kappa shape index (κ2) is 8.60. The van der Waals surface area contributed by atoms with E-state index in [4.69, 9.17) is 10.5 Å². The fraction of sp³-hybridized carbons (Fsp3) is 0.263. The number of hydrogen-bond acceptors (Lipinski definition) is 7. The number of anilines is 2. The summed E-state index contributed by atoms with van der Waals surface area (Å²) in [6.07, 6.45) is -5.03. The first-order valence-electron chi connectivity index (χ1n) is 8.65. The Bertz CT molecular complexity index is 1040. The van der Waals surface area contributed by atoms with E-state index in [9.17, 15) is 38.0 Å². The molecule has 0 spiro atoms. The predicted octanol–water partition coefficient (Wildman–Crippen LogP) is 3.17. The average molecular weight is 441 g/mol. The van der Waals surface area contributed by atoms with Crippen molar-refractivity contribution in [2.75, 3.05) is 17.7 Å². The smallest absolute Gasteiger partial charge is 0.423 e. The quantitative estimate of drug-likeness (QED) is 0.259. The van der Waals surface area contributed by atoms with Gasteiger partial charge in [0.05, 0.1) is 10.6 Å². The number of nitrogens with zero attached hydrogens (tertiary/aromatic N) is 1. The third-order valence-corrected chi connectivity index (χ3v) is 4.17. The van der Waals surface area contributed by atoms with Crippen molar-refractivity contribution in [1.29, 1.82) is 0 Å². The molecule has 1 unspecified atom stereocenters. The Morgan fingerprint density at radius 3 is 2.39 bits per heavy atom. The van der Waals surface area contributed by atoms with Crippen LogP contribution in [0.2, 0.25) is 0 Å². The molecule has 0 radical (unpaired) electrons. The zero-order valence-corrected chi connectivity index (χ0v) is 16.3. The third-order valence-electron chi connectivity index (χ3n) is 4.17. The maximum Gasteiger partial charge on any atom is 0.423 e. The number of carbonyl (C=O) groups is 2. The van der Waals surface area contributed by atoms with Gasteiger partial charge in [-0.3, -0.25) is 19.7 Å². The minimum atomic E-state index is -5.03. The summed E-state index contributed by atoms with van der Waals surface area (Å²) < 4.78 is 44.5. The molecule has 0 saturated heterocycles. The molecule has 0 aliphatic rings. The molecule has 166 valence electrons. The molecule has 1 atom stereocenters. The second-order valence-electron chi connectivity index (χ2n) is 6.81. The van der Waals surface area contributed by atoms with Gasteiger partial charge in [-0.25, -0.2) is 0 Å². The number of benzene rings is 2. The minimum Gasteiger partial charge on any atom is -0.488 e. The van der Waals surface area contributed by atoms with Crippen molar-refractivity contribution in [3.63, 3.8) is 0 Å². The number of amides is 1. The fourth-order valence-corrected chi connectivity index (χ4v) is 2.45. The van der Waals surface area contributed by atoms with Crippen molar-refractivity contribution in [2.24, 2.45) is 0 Å². The van der Waals surface area contributed by atoms with Crippen molar-refractivity contribution in [3.05, 3.63) is 57.6 Å². The molecule has 0 heterocycles. The van der Waals surface area contributed by atoms with Gasteiger partial charge in [-0.05, 0) is 44.2 Å². The number of nitro benzene ring substituents is 1. The van der Waals surface area contributed by atoms with Crippen molar-refractivity contribution >= 4 is 28.8 Å². The van der Waals surface area contributed by atoms with E-state index in [-0.39, 0.29) is 17.2 Å². The monoisotopic (exact) mass is 441 g/mol. The van der Waals surface area contributed by atoms with Crippen LogP contribution in [-0.2, 0) is 11.0 Å². The third kappa shape index (κ3) is 5.69. The second-order valence-corrected chi connectivity index (χ2v) is 6.81. The molecular weight excluding hydrogens is 423 g/mol. The van der Waals surface area contributed by atoms with Crippen molar-refractivity contribution in [2.45, 2.75) is 25.6 Å². The summed E-state index contributed by atoms with van der Waals surface area (Å²) >= 11 is 0. The lowest BCUT2D eigenvalue weighted by molar-refractivity contribution is -0.388. The highest BCUT2D eigenvalue weighted by Crippen LogP contribution is 2.37. The van der Waals surface area contributed by atoms with E-state index in [1.807, 2.05) is 0 Å². The highest BCUT2D eigenvalue weighted by molar-refractivity contribution is 5.97. The molecule has 2 aromatic rings. The lowest BCUT2D eigenvalue weighted by Gasteiger charge is -2.23. The molecule has 12 heteroatoms. The van der Waals surface area contributed by atoms with Gasteiger partial charge in [0.1, 0.15) is 17.9 Å². The molecule has 2 aromatic carbocycles. The molecule has 0 fully saturated rings. The van der Waals surface area contributed by atoms with Crippen LogP contribution in [0.1, 0.15) is 29.8 Å². The summed E-state index contributed by atoms with van der Waals surface area (Å²) in [4.78, 5) is 33.3. The van der Waals surface area contributed by atoms with Gasteiger partial charge in [0.15, 0.2) is 11.4 Å². The number of nitrogen functional groups attached to an aromatic ring is 1. The van der Waals surface area contributed by atoms with Crippen LogP contribution in [0.25, 0.3) is 0 Å². The van der Waals surface area contributed by atoms with Crippen LogP contribution >= 0.6 is 0 Å². The van der Waals surface area contributed by atoms with Crippen LogP contribution in [0.5, 0.6) is 5.75 Å². The Balaban J connectivity index is 2.16.